The number of benzene rings is 1. The van der Waals surface area contributed by atoms with Crippen LogP contribution in [0.3, 0.4) is 0 Å². The van der Waals surface area contributed by atoms with Gasteiger partial charge in [0.15, 0.2) is 11.0 Å². The first-order valence-electron chi connectivity index (χ1n) is 18.0. The number of piperazine rings is 2. The number of fused-ring (bicyclic) bond motifs is 3. The van der Waals surface area contributed by atoms with Crippen LogP contribution in [0.5, 0.6) is 6.01 Å². The second kappa shape index (κ2) is 15.5. The predicted molar refractivity (Wildman–Crippen MR) is 196 cm³/mol. The molecule has 0 radical (unpaired) electrons. The first-order valence-corrected chi connectivity index (χ1v) is 18.4. The summed E-state index contributed by atoms with van der Waals surface area (Å²) in [5, 5.41) is 3.04. The van der Waals surface area contributed by atoms with Gasteiger partial charge in [-0.2, -0.15) is 9.97 Å². The lowest BCUT2D eigenvalue weighted by Gasteiger charge is -2.42. The van der Waals surface area contributed by atoms with Crippen LogP contribution in [0.1, 0.15) is 59.9 Å². The van der Waals surface area contributed by atoms with E-state index in [0.29, 0.717) is 30.8 Å². The van der Waals surface area contributed by atoms with E-state index in [0.717, 1.165) is 45.6 Å². The van der Waals surface area contributed by atoms with Gasteiger partial charge in [0.1, 0.15) is 29.1 Å². The maximum atomic E-state index is 15.5. The van der Waals surface area contributed by atoms with E-state index in [9.17, 15) is 9.59 Å². The normalized spacial score (nSPS) is 20.5. The second-order valence-corrected chi connectivity index (χ2v) is 16.2. The number of anilines is 1. The largest absolute Gasteiger partial charge is 0.461 e. The standard InChI is InChI=1S/C37H50ClFN8O5/c1-36(2,3)51-34(48)41-25(20-45-16-14-44(15-17-45)19-24-10-8-7-9-11-24)23-50-33-42-30-28(18-40-31(38)29(30)39)32(43-33)46-21-26-12-13-27(22-46)47(26)35(49)52-37(4,5)6/h7-11,18,25-27H,12-17,19-23H2,1-6H3,(H,41,48). The number of hydrogen-bond acceptors (Lipinski definition) is 11. The van der Waals surface area contributed by atoms with Gasteiger partial charge in [-0.15, -0.1) is 0 Å². The fourth-order valence-electron chi connectivity index (χ4n) is 7.07. The van der Waals surface area contributed by atoms with Crippen molar-refractivity contribution in [3.63, 3.8) is 0 Å². The van der Waals surface area contributed by atoms with Crippen LogP contribution in [0.2, 0.25) is 5.15 Å². The van der Waals surface area contributed by atoms with E-state index < -0.39 is 29.2 Å². The topological polar surface area (TPSA) is 125 Å². The van der Waals surface area contributed by atoms with Gasteiger partial charge in [-0.3, -0.25) is 14.7 Å². The first-order chi connectivity index (χ1) is 24.6. The van der Waals surface area contributed by atoms with Crippen molar-refractivity contribution < 1.29 is 28.2 Å². The van der Waals surface area contributed by atoms with Crippen molar-refractivity contribution in [3.05, 3.63) is 53.1 Å². The number of alkyl carbamates (subject to hydrolysis) is 1. The zero-order valence-corrected chi connectivity index (χ0v) is 31.7. The van der Waals surface area contributed by atoms with E-state index >= 15 is 4.39 Å². The summed E-state index contributed by atoms with van der Waals surface area (Å²) in [6, 6.07) is 9.63. The summed E-state index contributed by atoms with van der Waals surface area (Å²) in [7, 11) is 0. The molecule has 2 amide bonds. The van der Waals surface area contributed by atoms with Crippen molar-refractivity contribution >= 4 is 40.5 Å². The molecule has 52 heavy (non-hydrogen) atoms. The molecule has 3 unspecified atom stereocenters. The Balaban J connectivity index is 1.19. The fraction of sp³-hybridized carbons (Fsp3) is 0.595. The van der Waals surface area contributed by atoms with Gasteiger partial charge in [0.2, 0.25) is 0 Å². The van der Waals surface area contributed by atoms with Gasteiger partial charge in [-0.1, -0.05) is 41.9 Å². The van der Waals surface area contributed by atoms with E-state index in [2.05, 4.69) is 49.4 Å². The molecule has 3 aliphatic heterocycles. The van der Waals surface area contributed by atoms with Gasteiger partial charge in [-0.25, -0.2) is 19.0 Å². The average molecular weight is 741 g/mol. The smallest absolute Gasteiger partial charge is 0.410 e. The Kier molecular flexibility index (Phi) is 11.3. The summed E-state index contributed by atoms with van der Waals surface area (Å²) in [5.41, 5.74) is -0.0482. The summed E-state index contributed by atoms with van der Waals surface area (Å²) in [6.45, 7) is 16.7. The number of aromatic nitrogens is 3. The molecule has 282 valence electrons. The molecule has 2 bridgehead atoms. The van der Waals surface area contributed by atoms with E-state index in [4.69, 9.17) is 30.8 Å². The number of pyridine rings is 1. The number of carbonyl (C=O) groups excluding carboxylic acids is 2. The van der Waals surface area contributed by atoms with Gasteiger partial charge >= 0.3 is 18.2 Å². The zero-order valence-electron chi connectivity index (χ0n) is 30.9. The Morgan fingerprint density at radius 3 is 2.21 bits per heavy atom. The third kappa shape index (κ3) is 9.50. The molecule has 6 rings (SSSR count). The molecule has 3 aromatic rings. The quantitative estimate of drug-likeness (QED) is 0.280. The molecule has 3 fully saturated rings. The molecular weight excluding hydrogens is 691 g/mol. The summed E-state index contributed by atoms with van der Waals surface area (Å²) in [5.74, 6) is -0.338. The molecule has 0 aliphatic carbocycles. The Labute approximate surface area is 309 Å². The van der Waals surface area contributed by atoms with Crippen molar-refractivity contribution in [1.82, 2.24) is 35.0 Å². The van der Waals surface area contributed by atoms with Crippen LogP contribution in [0.4, 0.5) is 19.8 Å². The van der Waals surface area contributed by atoms with E-state index in [-0.39, 0.29) is 41.5 Å². The highest BCUT2D eigenvalue weighted by atomic mass is 35.5. The number of nitrogens with zero attached hydrogens (tertiary/aromatic N) is 7. The zero-order chi connectivity index (χ0) is 37.2. The first kappa shape index (κ1) is 37.7. The highest BCUT2D eigenvalue weighted by Gasteiger charge is 2.45. The van der Waals surface area contributed by atoms with Crippen molar-refractivity contribution in [2.24, 2.45) is 0 Å². The minimum absolute atomic E-state index is 0.00647. The third-order valence-corrected chi connectivity index (χ3v) is 9.58. The Morgan fingerprint density at radius 1 is 0.942 bits per heavy atom. The molecule has 1 aromatic carbocycles. The summed E-state index contributed by atoms with van der Waals surface area (Å²) < 4.78 is 33.0. The van der Waals surface area contributed by atoms with Crippen molar-refractivity contribution in [3.8, 4) is 6.01 Å². The Morgan fingerprint density at radius 2 is 1.58 bits per heavy atom. The molecule has 5 heterocycles. The van der Waals surface area contributed by atoms with E-state index in [1.807, 2.05) is 57.4 Å². The molecule has 3 saturated heterocycles. The number of nitrogens with one attached hydrogen (secondary N) is 1. The van der Waals surface area contributed by atoms with Gasteiger partial charge in [0, 0.05) is 58.6 Å². The van der Waals surface area contributed by atoms with E-state index in [1.54, 1.807) is 0 Å². The number of rotatable bonds is 9. The highest BCUT2D eigenvalue weighted by Crippen LogP contribution is 2.37. The molecule has 0 saturated carbocycles. The van der Waals surface area contributed by atoms with Gasteiger partial charge in [0.25, 0.3) is 0 Å². The highest BCUT2D eigenvalue weighted by molar-refractivity contribution is 6.30. The lowest BCUT2D eigenvalue weighted by Crippen LogP contribution is -2.57. The van der Waals surface area contributed by atoms with Crippen molar-refractivity contribution in [1.29, 1.82) is 0 Å². The Hall–Kier alpha value is -4.01. The second-order valence-electron chi connectivity index (χ2n) is 15.8. The van der Waals surface area contributed by atoms with Crippen LogP contribution in [0.25, 0.3) is 10.9 Å². The Bertz CT molecular complexity index is 1720. The number of amides is 2. The minimum atomic E-state index is -0.778. The molecular formula is C37H50ClFN8O5. The number of ether oxygens (including phenoxy) is 3. The molecule has 3 atom stereocenters. The molecule has 3 aliphatic rings. The fourth-order valence-corrected chi connectivity index (χ4v) is 7.20. The maximum Gasteiger partial charge on any atom is 0.410 e. The van der Waals surface area contributed by atoms with Crippen molar-refractivity contribution in [2.45, 2.75) is 90.3 Å². The van der Waals surface area contributed by atoms with Gasteiger partial charge < -0.3 is 24.4 Å². The summed E-state index contributed by atoms with van der Waals surface area (Å²) >= 11 is 6.11. The lowest BCUT2D eigenvalue weighted by atomic mass is 10.1. The molecule has 0 spiro atoms. The van der Waals surface area contributed by atoms with Crippen LogP contribution in [0.15, 0.2) is 36.5 Å². The van der Waals surface area contributed by atoms with E-state index in [1.165, 1.54) is 11.8 Å². The van der Waals surface area contributed by atoms with Crippen LogP contribution in [0, 0.1) is 5.82 Å². The molecule has 13 nitrogen and oxygen atoms in total. The molecule has 15 heteroatoms. The van der Waals surface area contributed by atoms with Crippen LogP contribution >= 0.6 is 11.6 Å². The summed E-state index contributed by atoms with van der Waals surface area (Å²) in [4.78, 5) is 47.9. The minimum Gasteiger partial charge on any atom is -0.461 e. The van der Waals surface area contributed by atoms with Crippen LogP contribution < -0.4 is 15.0 Å². The van der Waals surface area contributed by atoms with Gasteiger partial charge in [-0.05, 0) is 59.9 Å². The summed E-state index contributed by atoms with van der Waals surface area (Å²) in [6.07, 6.45) is 2.18. The third-order valence-electron chi connectivity index (χ3n) is 9.31. The monoisotopic (exact) mass is 740 g/mol. The number of halogens is 2. The molecule has 1 N–H and O–H groups in total. The SMILES string of the molecule is CC(C)(C)OC(=O)NC(COc1nc(N2CC3CCC(C2)N3C(=O)OC(C)(C)C)c2cnc(Cl)c(F)c2n1)CN1CCN(Cc2ccccc2)CC1. The number of hydrogen-bond donors (Lipinski definition) is 1. The number of carbonyl (C=O) groups is 2. The average Bonchev–Trinajstić information content (AvgIpc) is 3.34. The van der Waals surface area contributed by atoms with Crippen molar-refractivity contribution in [2.75, 3.05) is 57.3 Å². The molecule has 2 aromatic heterocycles. The predicted octanol–water partition coefficient (Wildman–Crippen LogP) is 5.50. The maximum absolute atomic E-state index is 15.5. The van der Waals surface area contributed by atoms with Gasteiger partial charge in [0.05, 0.1) is 23.5 Å². The lowest BCUT2D eigenvalue weighted by molar-refractivity contribution is 0.0122. The van der Waals surface area contributed by atoms with Crippen LogP contribution in [-0.4, -0.2) is 124 Å². The van der Waals surface area contributed by atoms with Crippen LogP contribution in [-0.2, 0) is 16.0 Å².